The summed E-state index contributed by atoms with van der Waals surface area (Å²) in [5.74, 6) is 0.654. The standard InChI is InChI=1S/C16H16N8O3/c1-27-12-4-2-11(3-5-12)23-8-10(6-14(23)25)19-16(26)13-7-17-20-15(13)24-9-18-21-22-24/h2-5,7,9-10H,6,8H2,1H3,(H,17,20)(H,19,26). The van der Waals surface area contributed by atoms with E-state index in [1.54, 1.807) is 24.1 Å². The molecule has 138 valence electrons. The molecule has 1 unspecified atom stereocenters. The summed E-state index contributed by atoms with van der Waals surface area (Å²) in [6, 6.07) is 6.89. The van der Waals surface area contributed by atoms with Crippen LogP contribution in [0.2, 0.25) is 0 Å². The second-order valence-corrected chi connectivity index (χ2v) is 5.96. The van der Waals surface area contributed by atoms with Crippen molar-refractivity contribution in [3.8, 4) is 11.6 Å². The maximum absolute atomic E-state index is 12.6. The molecule has 1 atom stereocenters. The van der Waals surface area contributed by atoms with Gasteiger partial charge in [-0.1, -0.05) is 0 Å². The molecule has 1 aliphatic heterocycles. The minimum absolute atomic E-state index is 0.0571. The lowest BCUT2D eigenvalue weighted by atomic mass is 10.2. The van der Waals surface area contributed by atoms with Crippen molar-refractivity contribution < 1.29 is 14.3 Å². The fraction of sp³-hybridized carbons (Fsp3) is 0.250. The van der Waals surface area contributed by atoms with Gasteiger partial charge in [0, 0.05) is 18.7 Å². The van der Waals surface area contributed by atoms with Crippen LogP contribution in [0.25, 0.3) is 5.82 Å². The third kappa shape index (κ3) is 3.21. The first-order valence-corrected chi connectivity index (χ1v) is 8.17. The Balaban J connectivity index is 1.46. The first-order chi connectivity index (χ1) is 13.2. The smallest absolute Gasteiger partial charge is 0.257 e. The Morgan fingerprint density at radius 3 is 2.85 bits per heavy atom. The van der Waals surface area contributed by atoms with Crippen LogP contribution in [0.15, 0.2) is 36.8 Å². The number of carbonyl (C=O) groups excluding carboxylic acids is 2. The second kappa shape index (κ2) is 6.86. The van der Waals surface area contributed by atoms with Crippen LogP contribution in [-0.4, -0.2) is 61.9 Å². The number of rotatable bonds is 5. The topological polar surface area (TPSA) is 131 Å². The number of anilines is 1. The molecule has 2 aromatic heterocycles. The number of nitrogens with zero attached hydrogens (tertiary/aromatic N) is 6. The highest BCUT2D eigenvalue weighted by Gasteiger charge is 2.32. The molecule has 0 aliphatic carbocycles. The summed E-state index contributed by atoms with van der Waals surface area (Å²) < 4.78 is 6.44. The van der Waals surface area contributed by atoms with Crippen molar-refractivity contribution in [2.24, 2.45) is 0 Å². The zero-order chi connectivity index (χ0) is 18.8. The van der Waals surface area contributed by atoms with E-state index in [4.69, 9.17) is 4.74 Å². The van der Waals surface area contributed by atoms with Gasteiger partial charge in [-0.25, -0.2) is 0 Å². The van der Waals surface area contributed by atoms with Crippen molar-refractivity contribution in [3.05, 3.63) is 42.4 Å². The Morgan fingerprint density at radius 2 is 2.15 bits per heavy atom. The molecule has 11 heteroatoms. The van der Waals surface area contributed by atoms with Crippen molar-refractivity contribution in [1.29, 1.82) is 0 Å². The Kier molecular flexibility index (Phi) is 4.24. The van der Waals surface area contributed by atoms with Crippen molar-refractivity contribution in [3.63, 3.8) is 0 Å². The average molecular weight is 368 g/mol. The quantitative estimate of drug-likeness (QED) is 0.644. The highest BCUT2D eigenvalue weighted by molar-refractivity contribution is 6.00. The number of tetrazole rings is 1. The zero-order valence-corrected chi connectivity index (χ0v) is 14.4. The van der Waals surface area contributed by atoms with E-state index >= 15 is 0 Å². The van der Waals surface area contributed by atoms with Gasteiger partial charge in [-0.2, -0.15) is 9.78 Å². The Bertz CT molecular complexity index is 950. The van der Waals surface area contributed by atoms with Crippen LogP contribution >= 0.6 is 0 Å². The number of aromatic amines is 1. The summed E-state index contributed by atoms with van der Waals surface area (Å²) in [5, 5.41) is 20.3. The predicted molar refractivity (Wildman–Crippen MR) is 92.5 cm³/mol. The van der Waals surface area contributed by atoms with Crippen molar-refractivity contribution in [1.82, 2.24) is 35.7 Å². The van der Waals surface area contributed by atoms with E-state index in [0.29, 0.717) is 18.1 Å². The summed E-state index contributed by atoms with van der Waals surface area (Å²) in [6.45, 7) is 0.384. The lowest BCUT2D eigenvalue weighted by Gasteiger charge is -2.17. The number of hydrogen-bond acceptors (Lipinski definition) is 7. The minimum Gasteiger partial charge on any atom is -0.497 e. The fourth-order valence-corrected chi connectivity index (χ4v) is 2.96. The average Bonchev–Trinajstić information content (AvgIpc) is 3.42. The second-order valence-electron chi connectivity index (χ2n) is 5.96. The summed E-state index contributed by atoms with van der Waals surface area (Å²) in [5.41, 5.74) is 1.05. The molecule has 2 N–H and O–H groups in total. The molecule has 1 aliphatic rings. The van der Waals surface area contributed by atoms with E-state index in [1.807, 2.05) is 12.1 Å². The number of H-pyrrole nitrogens is 1. The number of ether oxygens (including phenoxy) is 1. The van der Waals surface area contributed by atoms with Gasteiger partial charge in [-0.3, -0.25) is 14.7 Å². The molecule has 0 bridgehead atoms. The van der Waals surface area contributed by atoms with Crippen LogP contribution in [0.3, 0.4) is 0 Å². The maximum Gasteiger partial charge on any atom is 0.257 e. The van der Waals surface area contributed by atoms with Crippen LogP contribution in [-0.2, 0) is 4.79 Å². The first-order valence-electron chi connectivity index (χ1n) is 8.17. The molecule has 27 heavy (non-hydrogen) atoms. The Morgan fingerprint density at radius 1 is 1.33 bits per heavy atom. The van der Waals surface area contributed by atoms with Crippen LogP contribution < -0.4 is 15.0 Å². The lowest BCUT2D eigenvalue weighted by Crippen LogP contribution is -2.37. The minimum atomic E-state index is -0.358. The Labute approximate surface area is 153 Å². The Hall–Kier alpha value is -3.76. The normalized spacial score (nSPS) is 16.6. The van der Waals surface area contributed by atoms with Gasteiger partial charge in [0.2, 0.25) is 5.91 Å². The number of methoxy groups -OCH3 is 1. The molecule has 3 aromatic rings. The molecule has 0 radical (unpaired) electrons. The highest BCUT2D eigenvalue weighted by Crippen LogP contribution is 2.24. The van der Waals surface area contributed by atoms with E-state index in [9.17, 15) is 9.59 Å². The molecule has 0 saturated carbocycles. The molecule has 2 amide bonds. The molecule has 1 saturated heterocycles. The van der Waals surface area contributed by atoms with Crippen molar-refractivity contribution in [2.45, 2.75) is 12.5 Å². The van der Waals surface area contributed by atoms with E-state index in [0.717, 1.165) is 5.69 Å². The van der Waals surface area contributed by atoms with Gasteiger partial charge in [0.25, 0.3) is 5.91 Å². The maximum atomic E-state index is 12.6. The van der Waals surface area contributed by atoms with E-state index < -0.39 is 0 Å². The number of amides is 2. The first kappa shape index (κ1) is 16.7. The number of nitrogens with one attached hydrogen (secondary N) is 2. The monoisotopic (exact) mass is 368 g/mol. The third-order valence-electron chi connectivity index (χ3n) is 4.29. The number of benzene rings is 1. The summed E-state index contributed by atoms with van der Waals surface area (Å²) >= 11 is 0. The van der Waals surface area contributed by atoms with E-state index in [2.05, 4.69) is 31.0 Å². The van der Waals surface area contributed by atoms with Gasteiger partial charge in [0.15, 0.2) is 5.82 Å². The van der Waals surface area contributed by atoms with E-state index in [-0.39, 0.29) is 29.8 Å². The predicted octanol–water partition coefficient (Wildman–Crippen LogP) is -0.0707. The fourth-order valence-electron chi connectivity index (χ4n) is 2.96. The van der Waals surface area contributed by atoms with Gasteiger partial charge < -0.3 is 15.0 Å². The number of hydrogen-bond donors (Lipinski definition) is 2. The lowest BCUT2D eigenvalue weighted by molar-refractivity contribution is -0.117. The molecule has 11 nitrogen and oxygen atoms in total. The number of carbonyl (C=O) groups is 2. The molecule has 3 heterocycles. The van der Waals surface area contributed by atoms with Gasteiger partial charge >= 0.3 is 0 Å². The van der Waals surface area contributed by atoms with Crippen LogP contribution in [0.4, 0.5) is 5.69 Å². The molecule has 4 rings (SSSR count). The summed E-state index contributed by atoms with van der Waals surface area (Å²) in [6.07, 6.45) is 2.97. The van der Waals surface area contributed by atoms with Gasteiger partial charge in [-0.15, -0.1) is 5.10 Å². The van der Waals surface area contributed by atoms with Crippen molar-refractivity contribution in [2.75, 3.05) is 18.6 Å². The van der Waals surface area contributed by atoms with Crippen LogP contribution in [0.1, 0.15) is 16.8 Å². The summed E-state index contributed by atoms with van der Waals surface area (Å²) in [7, 11) is 1.58. The van der Waals surface area contributed by atoms with Crippen LogP contribution in [0.5, 0.6) is 5.75 Å². The molecule has 1 aromatic carbocycles. The van der Waals surface area contributed by atoms with Crippen molar-refractivity contribution >= 4 is 17.5 Å². The third-order valence-corrected chi connectivity index (χ3v) is 4.29. The molecular weight excluding hydrogens is 352 g/mol. The summed E-state index contributed by atoms with van der Waals surface area (Å²) in [4.78, 5) is 26.6. The zero-order valence-electron chi connectivity index (χ0n) is 14.4. The highest BCUT2D eigenvalue weighted by atomic mass is 16.5. The van der Waals surface area contributed by atoms with E-state index in [1.165, 1.54) is 17.2 Å². The number of aromatic nitrogens is 6. The van der Waals surface area contributed by atoms with Gasteiger partial charge in [0.05, 0.1) is 19.3 Å². The SMILES string of the molecule is COc1ccc(N2CC(NC(=O)c3cn[nH]c3-n3cnnn3)CC2=O)cc1. The molecule has 1 fully saturated rings. The molecule has 0 spiro atoms. The van der Waals surface area contributed by atoms with Gasteiger partial charge in [0.1, 0.15) is 17.6 Å². The van der Waals surface area contributed by atoms with Crippen LogP contribution in [0, 0.1) is 0 Å². The molecular formula is C16H16N8O3. The van der Waals surface area contributed by atoms with Gasteiger partial charge in [-0.05, 0) is 34.7 Å². The largest absolute Gasteiger partial charge is 0.497 e.